The zero-order valence-corrected chi connectivity index (χ0v) is 8.29. The molecule has 0 spiro atoms. The van der Waals surface area contributed by atoms with E-state index in [-0.39, 0.29) is 11.2 Å². The van der Waals surface area contributed by atoms with Crippen molar-refractivity contribution in [2.75, 3.05) is 0 Å². The van der Waals surface area contributed by atoms with Crippen LogP contribution in [0.15, 0.2) is 24.4 Å². The molecule has 1 aromatic heterocycles. The van der Waals surface area contributed by atoms with Crippen molar-refractivity contribution < 1.29 is 4.79 Å². The van der Waals surface area contributed by atoms with Gasteiger partial charge in [-0.3, -0.25) is 4.98 Å². The first-order chi connectivity index (χ1) is 6.20. The van der Waals surface area contributed by atoms with E-state index in [1.807, 2.05) is 18.2 Å². The van der Waals surface area contributed by atoms with Gasteiger partial charge in [-0.25, -0.2) is 0 Å². The van der Waals surface area contributed by atoms with E-state index < -0.39 is 0 Å². The van der Waals surface area contributed by atoms with E-state index in [2.05, 4.69) is 4.98 Å². The lowest BCUT2D eigenvalue weighted by molar-refractivity contribution is -0.117. The number of carbonyl (C=O) groups excluding carboxylic acids is 1. The van der Waals surface area contributed by atoms with Gasteiger partial charge >= 0.3 is 0 Å². The van der Waals surface area contributed by atoms with Gasteiger partial charge in [0.25, 0.3) is 0 Å². The summed E-state index contributed by atoms with van der Waals surface area (Å²) in [6, 6.07) is 5.61. The molecule has 0 saturated carbocycles. The summed E-state index contributed by atoms with van der Waals surface area (Å²) in [5.74, 6) is 0.168. The van der Waals surface area contributed by atoms with Gasteiger partial charge in [-0.15, -0.1) is 11.6 Å². The standard InChI is InChI=1S/C10H12ClNO/c1-8(13)5-6-9(11)10-4-2-3-7-12-10/h2-4,7,9H,5-6H2,1H3. The van der Waals surface area contributed by atoms with Crippen LogP contribution in [0.3, 0.4) is 0 Å². The average Bonchev–Trinajstić information content (AvgIpc) is 2.15. The third-order valence-corrected chi connectivity index (χ3v) is 2.20. The van der Waals surface area contributed by atoms with E-state index in [0.29, 0.717) is 12.8 Å². The molecule has 13 heavy (non-hydrogen) atoms. The van der Waals surface area contributed by atoms with Gasteiger partial charge in [0.1, 0.15) is 5.78 Å². The van der Waals surface area contributed by atoms with Gasteiger partial charge in [-0.1, -0.05) is 6.07 Å². The van der Waals surface area contributed by atoms with Gasteiger partial charge in [0, 0.05) is 12.6 Å². The van der Waals surface area contributed by atoms with Gasteiger partial charge < -0.3 is 4.79 Å². The van der Waals surface area contributed by atoms with E-state index in [4.69, 9.17) is 11.6 Å². The Morgan fingerprint density at radius 1 is 1.62 bits per heavy atom. The van der Waals surface area contributed by atoms with E-state index in [0.717, 1.165) is 5.69 Å². The van der Waals surface area contributed by atoms with E-state index in [1.165, 1.54) is 0 Å². The van der Waals surface area contributed by atoms with Crippen LogP contribution < -0.4 is 0 Å². The van der Waals surface area contributed by atoms with Gasteiger partial charge in [-0.2, -0.15) is 0 Å². The van der Waals surface area contributed by atoms with Gasteiger partial charge in [0.2, 0.25) is 0 Å². The van der Waals surface area contributed by atoms with Crippen LogP contribution >= 0.6 is 11.6 Å². The van der Waals surface area contributed by atoms with Crippen molar-refractivity contribution in [1.29, 1.82) is 0 Å². The van der Waals surface area contributed by atoms with Crippen molar-refractivity contribution >= 4 is 17.4 Å². The first kappa shape index (κ1) is 10.2. The van der Waals surface area contributed by atoms with Crippen molar-refractivity contribution in [2.45, 2.75) is 25.1 Å². The fourth-order valence-electron chi connectivity index (χ4n) is 1.04. The van der Waals surface area contributed by atoms with Crippen LogP contribution in [0.25, 0.3) is 0 Å². The molecular weight excluding hydrogens is 186 g/mol. The smallest absolute Gasteiger partial charge is 0.129 e. The van der Waals surface area contributed by atoms with Gasteiger partial charge in [-0.05, 0) is 25.5 Å². The molecule has 0 aromatic carbocycles. The Hall–Kier alpha value is -0.890. The quantitative estimate of drug-likeness (QED) is 0.695. The molecule has 1 heterocycles. The highest BCUT2D eigenvalue weighted by atomic mass is 35.5. The number of hydrogen-bond donors (Lipinski definition) is 0. The molecular formula is C10H12ClNO. The first-order valence-corrected chi connectivity index (χ1v) is 4.68. The number of aromatic nitrogens is 1. The molecule has 0 amide bonds. The minimum atomic E-state index is -0.148. The van der Waals surface area contributed by atoms with Crippen LogP contribution in [0.1, 0.15) is 30.8 Å². The summed E-state index contributed by atoms with van der Waals surface area (Å²) in [7, 11) is 0. The monoisotopic (exact) mass is 197 g/mol. The van der Waals surface area contributed by atoms with E-state index in [9.17, 15) is 4.79 Å². The molecule has 0 radical (unpaired) electrons. The summed E-state index contributed by atoms with van der Waals surface area (Å²) in [6.45, 7) is 1.57. The number of rotatable bonds is 4. The van der Waals surface area contributed by atoms with Crippen molar-refractivity contribution in [3.05, 3.63) is 30.1 Å². The zero-order valence-electron chi connectivity index (χ0n) is 7.53. The van der Waals surface area contributed by atoms with Crippen LogP contribution in [-0.4, -0.2) is 10.8 Å². The summed E-state index contributed by atoms with van der Waals surface area (Å²) in [5, 5.41) is -0.148. The van der Waals surface area contributed by atoms with Crippen LogP contribution in [-0.2, 0) is 4.79 Å². The maximum atomic E-state index is 10.7. The Morgan fingerprint density at radius 3 is 2.92 bits per heavy atom. The van der Waals surface area contributed by atoms with Crippen LogP contribution in [0.2, 0.25) is 0 Å². The summed E-state index contributed by atoms with van der Waals surface area (Å²) >= 11 is 6.04. The van der Waals surface area contributed by atoms with Crippen molar-refractivity contribution in [3.8, 4) is 0 Å². The Balaban J connectivity index is 2.49. The second-order valence-electron chi connectivity index (χ2n) is 2.96. The highest BCUT2D eigenvalue weighted by Crippen LogP contribution is 2.23. The topological polar surface area (TPSA) is 30.0 Å². The lowest BCUT2D eigenvalue weighted by atomic mass is 10.1. The van der Waals surface area contributed by atoms with E-state index in [1.54, 1.807) is 13.1 Å². The highest BCUT2D eigenvalue weighted by Gasteiger charge is 2.09. The molecule has 1 atom stereocenters. The number of carbonyl (C=O) groups is 1. The molecule has 3 heteroatoms. The molecule has 0 saturated heterocycles. The number of hydrogen-bond acceptors (Lipinski definition) is 2. The zero-order chi connectivity index (χ0) is 9.68. The molecule has 1 aromatic rings. The van der Waals surface area contributed by atoms with Crippen LogP contribution in [0, 0.1) is 0 Å². The minimum Gasteiger partial charge on any atom is -0.300 e. The lowest BCUT2D eigenvalue weighted by Gasteiger charge is -2.06. The fourth-order valence-corrected chi connectivity index (χ4v) is 1.28. The maximum absolute atomic E-state index is 10.7. The predicted molar refractivity (Wildman–Crippen MR) is 52.7 cm³/mol. The summed E-state index contributed by atoms with van der Waals surface area (Å²) in [6.07, 6.45) is 2.89. The minimum absolute atomic E-state index is 0.148. The molecule has 1 unspecified atom stereocenters. The normalized spacial score (nSPS) is 12.5. The Labute approximate surface area is 82.9 Å². The van der Waals surface area contributed by atoms with E-state index >= 15 is 0 Å². The summed E-state index contributed by atoms with van der Waals surface area (Å²) in [4.78, 5) is 14.8. The van der Waals surface area contributed by atoms with Crippen LogP contribution in [0.4, 0.5) is 0 Å². The second kappa shape index (κ2) is 4.97. The largest absolute Gasteiger partial charge is 0.300 e. The number of ketones is 1. The molecule has 0 bridgehead atoms. The Kier molecular flexibility index (Phi) is 3.90. The predicted octanol–water partition coefficient (Wildman–Crippen LogP) is 2.73. The van der Waals surface area contributed by atoms with Crippen molar-refractivity contribution in [3.63, 3.8) is 0 Å². The molecule has 70 valence electrons. The molecule has 0 N–H and O–H groups in total. The molecule has 0 aliphatic carbocycles. The fraction of sp³-hybridized carbons (Fsp3) is 0.400. The average molecular weight is 198 g/mol. The lowest BCUT2D eigenvalue weighted by Crippen LogP contribution is -1.97. The molecule has 2 nitrogen and oxygen atoms in total. The third-order valence-electron chi connectivity index (χ3n) is 1.76. The number of alkyl halides is 1. The molecule has 0 fully saturated rings. The molecule has 0 aliphatic heterocycles. The summed E-state index contributed by atoms with van der Waals surface area (Å²) in [5.41, 5.74) is 0.838. The molecule has 1 rings (SSSR count). The third kappa shape index (κ3) is 3.55. The summed E-state index contributed by atoms with van der Waals surface area (Å²) < 4.78 is 0. The SMILES string of the molecule is CC(=O)CCC(Cl)c1ccccn1. The number of halogens is 1. The highest BCUT2D eigenvalue weighted by molar-refractivity contribution is 6.20. The maximum Gasteiger partial charge on any atom is 0.129 e. The second-order valence-corrected chi connectivity index (χ2v) is 3.49. The number of Topliss-reactive ketones (excluding diaryl/α,β-unsaturated/α-hetero) is 1. The van der Waals surface area contributed by atoms with Crippen molar-refractivity contribution in [2.24, 2.45) is 0 Å². The Bertz CT molecular complexity index is 274. The number of nitrogens with zero attached hydrogens (tertiary/aromatic N) is 1. The first-order valence-electron chi connectivity index (χ1n) is 4.24. The molecule has 0 aliphatic rings. The Morgan fingerprint density at radius 2 is 2.38 bits per heavy atom. The van der Waals surface area contributed by atoms with Gasteiger partial charge in [0.05, 0.1) is 11.1 Å². The van der Waals surface area contributed by atoms with Crippen LogP contribution in [0.5, 0.6) is 0 Å². The van der Waals surface area contributed by atoms with Crippen molar-refractivity contribution in [1.82, 2.24) is 4.98 Å². The van der Waals surface area contributed by atoms with Gasteiger partial charge in [0.15, 0.2) is 0 Å². The number of pyridine rings is 1.